The Kier molecular flexibility index (Phi) is 4.86. The minimum atomic E-state index is -0.197. The van der Waals surface area contributed by atoms with Gasteiger partial charge in [0.25, 0.3) is 11.8 Å². The fraction of sp³-hybridized carbons (Fsp3) is 0.200. The molecule has 1 aliphatic rings. The summed E-state index contributed by atoms with van der Waals surface area (Å²) in [7, 11) is 0. The second-order valence-corrected chi connectivity index (χ2v) is 6.90. The lowest BCUT2D eigenvalue weighted by atomic mass is 10.1. The minimum absolute atomic E-state index is 0.154. The normalized spacial score (nSPS) is 14.9. The van der Waals surface area contributed by atoms with E-state index in [1.165, 1.54) is 16.7 Å². The molecule has 0 N–H and O–H groups in total. The number of benzene rings is 2. The third kappa shape index (κ3) is 3.15. The zero-order valence-corrected chi connectivity index (χ0v) is 14.5. The Labute approximate surface area is 146 Å². The number of thioether (sulfide) groups is 1. The number of hydrogen-bond donors (Lipinski definition) is 0. The maximum absolute atomic E-state index is 12.8. The van der Waals surface area contributed by atoms with E-state index in [9.17, 15) is 9.59 Å². The van der Waals surface area contributed by atoms with E-state index in [1.54, 1.807) is 0 Å². The van der Waals surface area contributed by atoms with Crippen LogP contribution in [0.5, 0.6) is 0 Å². The molecule has 0 unspecified atom stereocenters. The van der Waals surface area contributed by atoms with Gasteiger partial charge in [0.15, 0.2) is 0 Å². The quantitative estimate of drug-likeness (QED) is 0.771. The maximum Gasteiger partial charge on any atom is 0.268 e. The number of rotatable bonds is 5. The van der Waals surface area contributed by atoms with Gasteiger partial charge < -0.3 is 0 Å². The van der Waals surface area contributed by atoms with Gasteiger partial charge in [0, 0.05) is 11.8 Å². The monoisotopic (exact) mass is 337 g/mol. The SMILES string of the molecule is CC(C)N1C(=O)C(SCc2ccccc2)=C(c2ccccc2)C1=O. The Morgan fingerprint density at radius 3 is 2.04 bits per heavy atom. The van der Waals surface area contributed by atoms with Crippen molar-refractivity contribution in [1.29, 1.82) is 0 Å². The van der Waals surface area contributed by atoms with Gasteiger partial charge in [-0.3, -0.25) is 14.5 Å². The molecule has 0 aromatic heterocycles. The van der Waals surface area contributed by atoms with E-state index in [4.69, 9.17) is 0 Å². The van der Waals surface area contributed by atoms with Crippen LogP contribution < -0.4 is 0 Å². The number of hydrogen-bond acceptors (Lipinski definition) is 3. The van der Waals surface area contributed by atoms with Crippen LogP contribution in [0.4, 0.5) is 0 Å². The fourth-order valence-corrected chi connectivity index (χ4v) is 3.79. The van der Waals surface area contributed by atoms with Crippen LogP contribution in [0.2, 0.25) is 0 Å². The number of imide groups is 1. The van der Waals surface area contributed by atoms with Gasteiger partial charge in [0.1, 0.15) is 0 Å². The molecule has 24 heavy (non-hydrogen) atoms. The van der Waals surface area contributed by atoms with Crippen LogP contribution in [0.25, 0.3) is 5.57 Å². The Bertz CT molecular complexity index is 782. The molecule has 0 spiro atoms. The van der Waals surface area contributed by atoms with E-state index in [0.717, 1.165) is 11.1 Å². The van der Waals surface area contributed by atoms with Crippen molar-refractivity contribution in [2.24, 2.45) is 0 Å². The molecule has 0 saturated heterocycles. The predicted molar refractivity (Wildman–Crippen MR) is 98.1 cm³/mol. The second kappa shape index (κ2) is 7.05. The molecule has 1 aliphatic heterocycles. The van der Waals surface area contributed by atoms with Gasteiger partial charge in [-0.1, -0.05) is 60.7 Å². The molecule has 2 amide bonds. The topological polar surface area (TPSA) is 37.4 Å². The fourth-order valence-electron chi connectivity index (χ4n) is 2.72. The summed E-state index contributed by atoms with van der Waals surface area (Å²) in [5.74, 6) is 0.281. The van der Waals surface area contributed by atoms with Gasteiger partial charge in [-0.2, -0.15) is 0 Å². The number of nitrogens with zero attached hydrogens (tertiary/aromatic N) is 1. The predicted octanol–water partition coefficient (Wildman–Crippen LogP) is 4.11. The van der Waals surface area contributed by atoms with E-state index in [1.807, 2.05) is 74.5 Å². The summed E-state index contributed by atoms with van der Waals surface area (Å²) in [5, 5.41) is 0. The van der Waals surface area contributed by atoms with Crippen molar-refractivity contribution in [3.05, 3.63) is 76.7 Å². The molecule has 3 nitrogen and oxygen atoms in total. The summed E-state index contributed by atoms with van der Waals surface area (Å²) >= 11 is 1.44. The highest BCUT2D eigenvalue weighted by molar-refractivity contribution is 8.03. The Morgan fingerprint density at radius 2 is 1.46 bits per heavy atom. The van der Waals surface area contributed by atoms with Crippen molar-refractivity contribution >= 4 is 29.1 Å². The molecule has 1 heterocycles. The summed E-state index contributed by atoms with van der Waals surface area (Å²) in [4.78, 5) is 27.5. The van der Waals surface area contributed by atoms with Crippen molar-refractivity contribution in [3.63, 3.8) is 0 Å². The molecule has 0 aliphatic carbocycles. The molecular weight excluding hydrogens is 318 g/mol. The first-order chi connectivity index (χ1) is 11.6. The Hall–Kier alpha value is -2.33. The third-order valence-corrected chi connectivity index (χ3v) is 5.02. The summed E-state index contributed by atoms with van der Waals surface area (Å²) in [6.07, 6.45) is 0. The van der Waals surface area contributed by atoms with Gasteiger partial charge in [-0.05, 0) is 25.0 Å². The summed E-state index contributed by atoms with van der Waals surface area (Å²) in [6, 6.07) is 19.3. The summed E-state index contributed by atoms with van der Waals surface area (Å²) in [6.45, 7) is 3.73. The molecule has 0 saturated carbocycles. The molecule has 0 bridgehead atoms. The molecule has 3 rings (SSSR count). The molecule has 4 heteroatoms. The number of carbonyl (C=O) groups excluding carboxylic acids is 2. The van der Waals surface area contributed by atoms with Crippen molar-refractivity contribution in [3.8, 4) is 0 Å². The zero-order chi connectivity index (χ0) is 17.1. The Balaban J connectivity index is 1.97. The molecule has 122 valence electrons. The van der Waals surface area contributed by atoms with Crippen LogP contribution in [-0.4, -0.2) is 22.8 Å². The molecule has 0 fully saturated rings. The minimum Gasteiger partial charge on any atom is -0.271 e. The van der Waals surface area contributed by atoms with E-state index in [-0.39, 0.29) is 17.9 Å². The summed E-state index contributed by atoms with van der Waals surface area (Å²) in [5.41, 5.74) is 2.45. The third-order valence-electron chi connectivity index (χ3n) is 3.88. The second-order valence-electron chi connectivity index (χ2n) is 5.92. The smallest absolute Gasteiger partial charge is 0.268 e. The van der Waals surface area contributed by atoms with Crippen LogP contribution in [0.3, 0.4) is 0 Å². The largest absolute Gasteiger partial charge is 0.271 e. The van der Waals surface area contributed by atoms with Crippen LogP contribution >= 0.6 is 11.8 Å². The van der Waals surface area contributed by atoms with Crippen LogP contribution in [-0.2, 0) is 15.3 Å². The Morgan fingerprint density at radius 1 is 0.875 bits per heavy atom. The molecule has 2 aromatic carbocycles. The van der Waals surface area contributed by atoms with Crippen molar-refractivity contribution in [2.45, 2.75) is 25.6 Å². The van der Waals surface area contributed by atoms with Gasteiger partial charge in [-0.15, -0.1) is 11.8 Å². The number of carbonyl (C=O) groups is 2. The average Bonchev–Trinajstić information content (AvgIpc) is 2.85. The molecule has 0 atom stereocenters. The highest BCUT2D eigenvalue weighted by atomic mass is 32.2. The van der Waals surface area contributed by atoms with Crippen molar-refractivity contribution in [2.75, 3.05) is 0 Å². The van der Waals surface area contributed by atoms with Crippen molar-refractivity contribution in [1.82, 2.24) is 4.90 Å². The standard InChI is InChI=1S/C20H19NO2S/c1-14(2)21-19(22)17(16-11-7-4-8-12-16)18(20(21)23)24-13-15-9-5-3-6-10-15/h3-12,14H,13H2,1-2H3. The highest BCUT2D eigenvalue weighted by Crippen LogP contribution is 2.38. The van der Waals surface area contributed by atoms with Gasteiger partial charge in [0.2, 0.25) is 0 Å². The van der Waals surface area contributed by atoms with E-state index >= 15 is 0 Å². The summed E-state index contributed by atoms with van der Waals surface area (Å²) < 4.78 is 0. The van der Waals surface area contributed by atoms with Gasteiger partial charge >= 0.3 is 0 Å². The number of amides is 2. The lowest BCUT2D eigenvalue weighted by Crippen LogP contribution is -2.37. The van der Waals surface area contributed by atoms with Crippen molar-refractivity contribution < 1.29 is 9.59 Å². The van der Waals surface area contributed by atoms with Crippen LogP contribution in [0.1, 0.15) is 25.0 Å². The first-order valence-electron chi connectivity index (χ1n) is 7.94. The first-order valence-corrected chi connectivity index (χ1v) is 8.92. The first kappa shape index (κ1) is 16.5. The maximum atomic E-state index is 12.8. The van der Waals surface area contributed by atoms with Crippen LogP contribution in [0, 0.1) is 0 Å². The van der Waals surface area contributed by atoms with E-state index in [2.05, 4.69) is 0 Å². The zero-order valence-electron chi connectivity index (χ0n) is 13.7. The molecular formula is C20H19NO2S. The molecule has 0 radical (unpaired) electrons. The van der Waals surface area contributed by atoms with Gasteiger partial charge in [-0.25, -0.2) is 0 Å². The van der Waals surface area contributed by atoms with Gasteiger partial charge in [0.05, 0.1) is 10.5 Å². The highest BCUT2D eigenvalue weighted by Gasteiger charge is 2.40. The average molecular weight is 337 g/mol. The van der Waals surface area contributed by atoms with Crippen LogP contribution in [0.15, 0.2) is 65.6 Å². The van der Waals surface area contributed by atoms with E-state index in [0.29, 0.717) is 16.2 Å². The van der Waals surface area contributed by atoms with E-state index < -0.39 is 0 Å². The lowest BCUT2D eigenvalue weighted by molar-refractivity contribution is -0.138. The lowest BCUT2D eigenvalue weighted by Gasteiger charge is -2.19. The molecule has 2 aromatic rings.